The number of ether oxygens (including phenoxy) is 1. The van der Waals surface area contributed by atoms with Crippen molar-refractivity contribution in [1.82, 2.24) is 4.90 Å². The number of hydrogen-bond donors (Lipinski definition) is 0. The van der Waals surface area contributed by atoms with Crippen LogP contribution < -0.4 is 4.74 Å². The van der Waals surface area contributed by atoms with Gasteiger partial charge in [-0.25, -0.2) is 13.2 Å². The van der Waals surface area contributed by atoms with E-state index in [2.05, 4.69) is 15.9 Å². The van der Waals surface area contributed by atoms with Crippen LogP contribution in [0.5, 0.6) is 5.75 Å². The fourth-order valence-corrected chi connectivity index (χ4v) is 2.86. The molecule has 21 heavy (non-hydrogen) atoms. The maximum atomic E-state index is 13.6. The van der Waals surface area contributed by atoms with Crippen LogP contribution in [-0.4, -0.2) is 36.4 Å². The van der Waals surface area contributed by atoms with Crippen molar-refractivity contribution in [3.8, 4) is 5.75 Å². The summed E-state index contributed by atoms with van der Waals surface area (Å²) in [5.41, 5.74) is 0. The first-order valence-corrected chi connectivity index (χ1v) is 7.38. The van der Waals surface area contributed by atoms with E-state index in [-0.39, 0.29) is 41.2 Å². The van der Waals surface area contributed by atoms with E-state index < -0.39 is 24.3 Å². The average molecular weight is 387 g/mol. The molecule has 0 atom stereocenters. The van der Waals surface area contributed by atoms with Gasteiger partial charge in [0, 0.05) is 31.0 Å². The van der Waals surface area contributed by atoms with Gasteiger partial charge in [-0.15, -0.1) is 0 Å². The Balaban J connectivity index is 1.93. The number of benzene rings is 1. The Morgan fingerprint density at radius 1 is 1.38 bits per heavy atom. The molecule has 0 aliphatic carbocycles. The Labute approximate surface area is 133 Å². The van der Waals surface area contributed by atoms with Gasteiger partial charge in [0.2, 0.25) is 0 Å². The lowest BCUT2D eigenvalue weighted by Gasteiger charge is -2.31. The number of nitrogens with zero attached hydrogens (tertiary/aromatic N) is 1. The topological polar surface area (TPSA) is 29.5 Å². The molecule has 0 saturated carbocycles. The fraction of sp³-hybridized carbons (Fsp3) is 0.462. The molecule has 0 N–H and O–H groups in total. The maximum absolute atomic E-state index is 13.6. The Morgan fingerprint density at radius 2 is 2.00 bits per heavy atom. The molecule has 2 rings (SSSR count). The van der Waals surface area contributed by atoms with Crippen LogP contribution in [0.3, 0.4) is 0 Å². The summed E-state index contributed by atoms with van der Waals surface area (Å²) in [5.74, 6) is -4.00. The second-order valence-corrected chi connectivity index (χ2v) is 6.01. The quantitative estimate of drug-likeness (QED) is 0.789. The van der Waals surface area contributed by atoms with Gasteiger partial charge in [-0.05, 0) is 28.1 Å². The third-order valence-electron chi connectivity index (χ3n) is 3.15. The highest BCUT2D eigenvalue weighted by atomic mass is 79.9. The summed E-state index contributed by atoms with van der Waals surface area (Å²) in [7, 11) is 0. The van der Waals surface area contributed by atoms with Gasteiger partial charge in [-0.2, -0.15) is 0 Å². The molecule has 1 aliphatic heterocycles. The Hall–Kier alpha value is -0.950. The minimum Gasteiger partial charge on any atom is -0.479 e. The molecule has 0 bridgehead atoms. The second kappa shape index (κ2) is 6.44. The molecular weight excluding hydrogens is 374 g/mol. The summed E-state index contributed by atoms with van der Waals surface area (Å²) in [5, 5.41) is 0.191. The minimum absolute atomic E-state index is 0.0283. The van der Waals surface area contributed by atoms with Crippen molar-refractivity contribution in [1.29, 1.82) is 0 Å². The summed E-state index contributed by atoms with van der Waals surface area (Å²) < 4.78 is 45.1. The van der Waals surface area contributed by atoms with Crippen LogP contribution in [0.4, 0.5) is 13.2 Å². The summed E-state index contributed by atoms with van der Waals surface area (Å²) in [4.78, 5) is 13.2. The van der Waals surface area contributed by atoms with Gasteiger partial charge in [0.1, 0.15) is 0 Å². The number of amides is 1. The van der Waals surface area contributed by atoms with E-state index in [1.165, 1.54) is 11.0 Å². The minimum atomic E-state index is -2.72. The lowest BCUT2D eigenvalue weighted by molar-refractivity contribution is -0.139. The summed E-state index contributed by atoms with van der Waals surface area (Å²) >= 11 is 8.75. The SMILES string of the molecule is O=C(COc1c(F)cc(Cl)cc1Br)N1CCC(F)(F)CC1. The first-order valence-electron chi connectivity index (χ1n) is 6.21. The molecule has 1 saturated heterocycles. The number of carbonyl (C=O) groups excluding carboxylic acids is 1. The van der Waals surface area contributed by atoms with Crippen molar-refractivity contribution >= 4 is 33.4 Å². The molecule has 0 radical (unpaired) electrons. The molecule has 0 spiro atoms. The number of alkyl halides is 2. The van der Waals surface area contributed by atoms with E-state index in [0.29, 0.717) is 0 Å². The highest BCUT2D eigenvalue weighted by Gasteiger charge is 2.35. The molecule has 1 fully saturated rings. The van der Waals surface area contributed by atoms with Crippen LogP contribution in [0, 0.1) is 5.82 Å². The molecule has 0 aromatic heterocycles. The lowest BCUT2D eigenvalue weighted by atomic mass is 10.1. The van der Waals surface area contributed by atoms with Gasteiger partial charge in [0.25, 0.3) is 11.8 Å². The van der Waals surface area contributed by atoms with Gasteiger partial charge in [0.15, 0.2) is 18.2 Å². The summed E-state index contributed by atoms with van der Waals surface area (Å²) in [6.07, 6.45) is -0.727. The zero-order chi connectivity index (χ0) is 15.6. The third kappa shape index (κ3) is 4.26. The Bertz CT molecular complexity index is 523. The van der Waals surface area contributed by atoms with Crippen LogP contribution in [0.2, 0.25) is 5.02 Å². The Kier molecular flexibility index (Phi) is 5.03. The first kappa shape index (κ1) is 16.4. The van der Waals surface area contributed by atoms with Crippen LogP contribution in [0.15, 0.2) is 16.6 Å². The van der Waals surface area contributed by atoms with E-state index >= 15 is 0 Å². The van der Waals surface area contributed by atoms with Crippen molar-refractivity contribution < 1.29 is 22.7 Å². The van der Waals surface area contributed by atoms with Crippen LogP contribution in [0.25, 0.3) is 0 Å². The molecule has 1 aliphatic rings. The first-order chi connectivity index (χ1) is 9.78. The zero-order valence-corrected chi connectivity index (χ0v) is 13.2. The standard InChI is InChI=1S/C13H12BrClF3NO2/c14-9-5-8(15)6-10(16)12(9)21-7-11(20)19-3-1-13(17,18)2-4-19/h5-6H,1-4,7H2. The van der Waals surface area contributed by atoms with Crippen molar-refractivity contribution in [2.45, 2.75) is 18.8 Å². The van der Waals surface area contributed by atoms with Crippen LogP contribution in [0.1, 0.15) is 12.8 Å². The van der Waals surface area contributed by atoms with Crippen molar-refractivity contribution in [3.63, 3.8) is 0 Å². The number of piperidine rings is 1. The summed E-state index contributed by atoms with van der Waals surface area (Å²) in [6, 6.07) is 2.50. The predicted octanol–water partition coefficient (Wildman–Crippen LogP) is 3.88. The Morgan fingerprint density at radius 3 is 2.57 bits per heavy atom. The lowest BCUT2D eigenvalue weighted by Crippen LogP contribution is -2.44. The molecule has 1 aromatic carbocycles. The average Bonchev–Trinajstić information content (AvgIpc) is 2.37. The van der Waals surface area contributed by atoms with E-state index in [9.17, 15) is 18.0 Å². The number of hydrogen-bond acceptors (Lipinski definition) is 2. The molecule has 8 heteroatoms. The van der Waals surface area contributed by atoms with Gasteiger partial charge < -0.3 is 9.64 Å². The predicted molar refractivity (Wildman–Crippen MR) is 75.4 cm³/mol. The molecule has 116 valence electrons. The van der Waals surface area contributed by atoms with Gasteiger partial charge >= 0.3 is 0 Å². The smallest absolute Gasteiger partial charge is 0.260 e. The highest BCUT2D eigenvalue weighted by molar-refractivity contribution is 9.10. The second-order valence-electron chi connectivity index (χ2n) is 4.72. The number of rotatable bonds is 3. The van der Waals surface area contributed by atoms with Crippen molar-refractivity contribution in [2.24, 2.45) is 0 Å². The number of carbonyl (C=O) groups is 1. The zero-order valence-electron chi connectivity index (χ0n) is 10.8. The van der Waals surface area contributed by atoms with Gasteiger partial charge in [0.05, 0.1) is 4.47 Å². The normalized spacial score (nSPS) is 17.7. The van der Waals surface area contributed by atoms with Crippen LogP contribution in [-0.2, 0) is 4.79 Å². The van der Waals surface area contributed by atoms with E-state index in [0.717, 1.165) is 6.07 Å². The number of likely N-dealkylation sites (tertiary alicyclic amines) is 1. The molecule has 0 unspecified atom stereocenters. The molecular formula is C13H12BrClF3NO2. The van der Waals surface area contributed by atoms with Gasteiger partial charge in [-0.3, -0.25) is 4.79 Å². The van der Waals surface area contributed by atoms with Gasteiger partial charge in [-0.1, -0.05) is 11.6 Å². The monoisotopic (exact) mass is 385 g/mol. The molecule has 1 amide bonds. The molecule has 1 heterocycles. The molecule has 3 nitrogen and oxygen atoms in total. The fourth-order valence-electron chi connectivity index (χ4n) is 1.98. The third-order valence-corrected chi connectivity index (χ3v) is 3.96. The van der Waals surface area contributed by atoms with E-state index in [1.54, 1.807) is 0 Å². The van der Waals surface area contributed by atoms with Crippen LogP contribution >= 0.6 is 27.5 Å². The van der Waals surface area contributed by atoms with E-state index in [1.807, 2.05) is 0 Å². The number of halogens is 5. The molecule has 1 aromatic rings. The summed E-state index contributed by atoms with van der Waals surface area (Å²) in [6.45, 7) is -0.471. The highest BCUT2D eigenvalue weighted by Crippen LogP contribution is 2.32. The van der Waals surface area contributed by atoms with E-state index in [4.69, 9.17) is 16.3 Å². The van der Waals surface area contributed by atoms with Crippen molar-refractivity contribution in [2.75, 3.05) is 19.7 Å². The maximum Gasteiger partial charge on any atom is 0.260 e. The van der Waals surface area contributed by atoms with Crippen molar-refractivity contribution in [3.05, 3.63) is 27.4 Å². The largest absolute Gasteiger partial charge is 0.479 e.